The first kappa shape index (κ1) is 27.5. The van der Waals surface area contributed by atoms with Crippen LogP contribution in [0.15, 0.2) is 88.0 Å². The summed E-state index contributed by atoms with van der Waals surface area (Å²) in [6, 6.07) is 19.2. The van der Waals surface area contributed by atoms with Gasteiger partial charge in [-0.2, -0.15) is 0 Å². The van der Waals surface area contributed by atoms with Crippen molar-refractivity contribution in [2.45, 2.75) is 45.4 Å². The molecule has 2 aliphatic rings. The summed E-state index contributed by atoms with van der Waals surface area (Å²) < 4.78 is 10.8. The number of nitrogens with zero attached hydrogens (tertiary/aromatic N) is 3. The van der Waals surface area contributed by atoms with E-state index in [1.807, 2.05) is 79.4 Å². The predicted molar refractivity (Wildman–Crippen MR) is 153 cm³/mol. The van der Waals surface area contributed by atoms with Crippen molar-refractivity contribution in [3.05, 3.63) is 83.0 Å². The molecule has 1 spiro atoms. The van der Waals surface area contributed by atoms with E-state index in [9.17, 15) is 9.59 Å². The molecule has 0 amide bonds. The number of benzene rings is 2. The largest absolute Gasteiger partial charge is 0.468 e. The highest BCUT2D eigenvalue weighted by atomic mass is 32.2. The van der Waals surface area contributed by atoms with E-state index in [4.69, 9.17) is 14.5 Å². The monoisotopic (exact) mass is 533 g/mol. The van der Waals surface area contributed by atoms with Crippen molar-refractivity contribution in [3.63, 3.8) is 0 Å². The van der Waals surface area contributed by atoms with E-state index in [0.29, 0.717) is 29.3 Å². The molecule has 2 aromatic carbocycles. The van der Waals surface area contributed by atoms with E-state index >= 15 is 0 Å². The number of para-hydroxylation sites is 2. The van der Waals surface area contributed by atoms with Crippen LogP contribution in [0.5, 0.6) is 0 Å². The Morgan fingerprint density at radius 3 is 2.21 bits per heavy atom. The molecule has 0 aliphatic carbocycles. The van der Waals surface area contributed by atoms with Crippen LogP contribution in [0, 0.1) is 5.41 Å². The number of hydrogen-bond acceptors (Lipinski definition) is 7. The summed E-state index contributed by atoms with van der Waals surface area (Å²) in [6.45, 7) is 8.51. The summed E-state index contributed by atoms with van der Waals surface area (Å²) in [7, 11) is 2.78. The molecule has 8 heteroatoms. The number of unbranched alkanes of at least 4 members (excludes halogenated alkanes) is 1. The summed E-state index contributed by atoms with van der Waals surface area (Å²) in [5.74, 6) is -0.413. The Hall–Kier alpha value is -3.52. The molecule has 38 heavy (non-hydrogen) atoms. The van der Waals surface area contributed by atoms with Crippen LogP contribution in [0.4, 0.5) is 11.4 Å². The van der Waals surface area contributed by atoms with Gasteiger partial charge >= 0.3 is 11.9 Å². The highest BCUT2D eigenvalue weighted by Gasteiger charge is 2.72. The first-order valence-corrected chi connectivity index (χ1v) is 13.7. The summed E-state index contributed by atoms with van der Waals surface area (Å²) in [5, 5.41) is 2.07. The van der Waals surface area contributed by atoms with Crippen LogP contribution in [-0.2, 0) is 19.1 Å². The maximum Gasteiger partial charge on any atom is 0.335 e. The minimum absolute atomic E-state index is 0.404. The lowest BCUT2D eigenvalue weighted by atomic mass is 9.79. The molecule has 2 aliphatic heterocycles. The second-order valence-electron chi connectivity index (χ2n) is 9.55. The summed E-state index contributed by atoms with van der Waals surface area (Å²) in [4.78, 5) is 35.6. The maximum atomic E-state index is 14.1. The molecule has 200 valence electrons. The number of thioether (sulfide) groups is 1. The molecule has 0 radical (unpaired) electrons. The van der Waals surface area contributed by atoms with E-state index in [2.05, 4.69) is 17.2 Å². The number of esters is 2. The number of methoxy groups -OCH3 is 2. The second-order valence-corrected chi connectivity index (χ2v) is 10.6. The van der Waals surface area contributed by atoms with E-state index < -0.39 is 22.2 Å². The molecular formula is C30H35N3O4S. The average molecular weight is 534 g/mol. The fraction of sp³-hybridized carbons (Fsp3) is 0.367. The molecule has 4 rings (SSSR count). The van der Waals surface area contributed by atoms with Gasteiger partial charge in [-0.1, -0.05) is 61.5 Å². The quantitative estimate of drug-likeness (QED) is 0.307. The summed E-state index contributed by atoms with van der Waals surface area (Å²) in [6.07, 6.45) is 1.88. The average Bonchev–Trinajstić information content (AvgIpc) is 3.39. The van der Waals surface area contributed by atoms with Crippen molar-refractivity contribution < 1.29 is 19.1 Å². The zero-order chi connectivity index (χ0) is 27.5. The highest BCUT2D eigenvalue weighted by molar-refractivity contribution is 8.04. The van der Waals surface area contributed by atoms with Crippen LogP contribution < -0.4 is 4.90 Å². The van der Waals surface area contributed by atoms with E-state index in [1.54, 1.807) is 6.92 Å². The number of amidine groups is 1. The Morgan fingerprint density at radius 2 is 1.63 bits per heavy atom. The number of anilines is 1. The van der Waals surface area contributed by atoms with E-state index in [0.717, 1.165) is 24.2 Å². The lowest BCUT2D eigenvalue weighted by Crippen LogP contribution is -2.58. The van der Waals surface area contributed by atoms with Crippen LogP contribution >= 0.6 is 11.8 Å². The Morgan fingerprint density at radius 1 is 1.00 bits per heavy atom. The zero-order valence-electron chi connectivity index (χ0n) is 22.9. The molecule has 0 saturated carbocycles. The number of allylic oxidation sites excluding steroid dienone is 1. The first-order chi connectivity index (χ1) is 18.3. The molecule has 1 saturated heterocycles. The summed E-state index contributed by atoms with van der Waals surface area (Å²) >= 11 is 1.52. The van der Waals surface area contributed by atoms with Gasteiger partial charge in [0.1, 0.15) is 5.84 Å². The maximum absolute atomic E-state index is 14.1. The molecule has 0 bridgehead atoms. The molecule has 2 aromatic rings. The number of carbonyl (C=O) groups excluding carboxylic acids is 2. The van der Waals surface area contributed by atoms with Gasteiger partial charge in [-0.15, -0.1) is 0 Å². The lowest BCUT2D eigenvalue weighted by Gasteiger charge is -2.45. The van der Waals surface area contributed by atoms with Gasteiger partial charge in [0.25, 0.3) is 0 Å². The fourth-order valence-electron chi connectivity index (χ4n) is 5.36. The topological polar surface area (TPSA) is 71.4 Å². The minimum atomic E-state index is -1.30. The van der Waals surface area contributed by atoms with Crippen molar-refractivity contribution in [1.82, 2.24) is 4.90 Å². The van der Waals surface area contributed by atoms with Gasteiger partial charge in [0.05, 0.1) is 31.2 Å². The fourth-order valence-corrected chi connectivity index (χ4v) is 6.95. The zero-order valence-corrected chi connectivity index (χ0v) is 23.7. The van der Waals surface area contributed by atoms with E-state index in [1.165, 1.54) is 26.0 Å². The number of carbonyl (C=O) groups is 2. The third-order valence-corrected chi connectivity index (χ3v) is 8.89. The standard InChI is InChI=1S/C30H35N3O4S/c1-7-8-19-32-21(2)20-38-30(32)25(22(3)26(34)36-5)33(24-17-13-10-14-18-24)27(29(30,4)28(35)37-6)31-23-15-11-9-12-16-23/h9-18,20H,7-8,19H2,1-6H3/b25-22+,31-27?/t29-,30+/m1/s1. The molecular weight excluding hydrogens is 498 g/mol. The number of hydrogen-bond donors (Lipinski definition) is 0. The summed E-state index contributed by atoms with van der Waals surface area (Å²) in [5.41, 5.74) is 2.24. The number of aliphatic imine (C=N–C) groups is 1. The normalized spacial score (nSPS) is 25.1. The van der Waals surface area contributed by atoms with Crippen molar-refractivity contribution in [2.24, 2.45) is 10.4 Å². The van der Waals surface area contributed by atoms with Crippen LogP contribution in [-0.4, -0.2) is 48.3 Å². The molecule has 7 nitrogen and oxygen atoms in total. The molecule has 0 N–H and O–H groups in total. The SMILES string of the molecule is CCCCN1C(C)=CS[C@]12/C(=C(/C)C(=O)OC)N(c1ccccc1)C(=Nc1ccccc1)[C@]2(C)C(=O)OC. The molecule has 1 fully saturated rings. The van der Waals surface area contributed by atoms with Gasteiger partial charge in [-0.05, 0) is 56.9 Å². The van der Waals surface area contributed by atoms with Gasteiger partial charge in [0, 0.05) is 17.9 Å². The first-order valence-electron chi connectivity index (χ1n) is 12.8. The molecule has 2 heterocycles. The number of ether oxygens (including phenoxy) is 2. The van der Waals surface area contributed by atoms with Crippen molar-refractivity contribution in [2.75, 3.05) is 25.7 Å². The van der Waals surface area contributed by atoms with E-state index in [-0.39, 0.29) is 0 Å². The van der Waals surface area contributed by atoms with Gasteiger partial charge in [-0.25, -0.2) is 9.79 Å². The Kier molecular flexibility index (Phi) is 8.02. The van der Waals surface area contributed by atoms with Crippen LogP contribution in [0.1, 0.15) is 40.5 Å². The Balaban J connectivity index is 2.18. The number of rotatable bonds is 7. The van der Waals surface area contributed by atoms with Crippen molar-refractivity contribution in [3.8, 4) is 0 Å². The minimum Gasteiger partial charge on any atom is -0.468 e. The third kappa shape index (κ3) is 4.21. The van der Waals surface area contributed by atoms with Crippen LogP contribution in [0.2, 0.25) is 0 Å². The smallest absolute Gasteiger partial charge is 0.335 e. The second kappa shape index (κ2) is 11.1. The van der Waals surface area contributed by atoms with Gasteiger partial charge < -0.3 is 14.4 Å². The Bertz CT molecular complexity index is 1290. The Labute approximate surface area is 229 Å². The molecule has 0 aromatic heterocycles. The van der Waals surface area contributed by atoms with Gasteiger partial charge in [0.15, 0.2) is 10.3 Å². The van der Waals surface area contributed by atoms with Gasteiger partial charge in [0.2, 0.25) is 0 Å². The highest BCUT2D eigenvalue weighted by Crippen LogP contribution is 2.64. The third-order valence-electron chi connectivity index (χ3n) is 7.27. The molecule has 0 unspecified atom stereocenters. The van der Waals surface area contributed by atoms with Crippen molar-refractivity contribution >= 4 is 40.9 Å². The predicted octanol–water partition coefficient (Wildman–Crippen LogP) is 6.27. The lowest BCUT2D eigenvalue weighted by molar-refractivity contribution is -0.150. The van der Waals surface area contributed by atoms with Gasteiger partial charge in [-0.3, -0.25) is 9.69 Å². The molecule has 2 atom stereocenters. The van der Waals surface area contributed by atoms with Crippen LogP contribution in [0.3, 0.4) is 0 Å². The van der Waals surface area contributed by atoms with Crippen LogP contribution in [0.25, 0.3) is 0 Å². The van der Waals surface area contributed by atoms with Crippen molar-refractivity contribution in [1.29, 1.82) is 0 Å².